The van der Waals surface area contributed by atoms with Gasteiger partial charge in [0.1, 0.15) is 0 Å². The van der Waals surface area contributed by atoms with Crippen molar-refractivity contribution in [1.82, 2.24) is 16.2 Å². The molecule has 0 aromatic heterocycles. The molecule has 1 fully saturated rings. The van der Waals surface area contributed by atoms with Crippen LogP contribution >= 0.6 is 24.4 Å². The van der Waals surface area contributed by atoms with Gasteiger partial charge in [0.2, 0.25) is 0 Å². The van der Waals surface area contributed by atoms with Crippen LogP contribution in [0, 0.1) is 19.8 Å². The number of hydrazine groups is 1. The summed E-state index contributed by atoms with van der Waals surface area (Å²) in [4.78, 5) is 0. The molecule has 0 heterocycles. The molecule has 4 N–H and O–H groups in total. The predicted octanol–water partition coefficient (Wildman–Crippen LogP) is 3.55. The van der Waals surface area contributed by atoms with Crippen molar-refractivity contribution in [2.75, 3.05) is 5.32 Å². The first-order valence-corrected chi connectivity index (χ1v) is 8.98. The van der Waals surface area contributed by atoms with Crippen molar-refractivity contribution in [3.63, 3.8) is 0 Å². The van der Waals surface area contributed by atoms with Crippen LogP contribution in [0.5, 0.6) is 0 Å². The average molecular weight is 351 g/mol. The van der Waals surface area contributed by atoms with Gasteiger partial charge < -0.3 is 10.6 Å². The summed E-state index contributed by atoms with van der Waals surface area (Å²) in [6.07, 6.45) is 5.03. The lowest BCUT2D eigenvalue weighted by molar-refractivity contribution is 0.308. The molecule has 1 saturated carbocycles. The van der Waals surface area contributed by atoms with Crippen molar-refractivity contribution in [3.05, 3.63) is 29.3 Å². The fraction of sp³-hybridized carbons (Fsp3) is 0.529. The molecule has 0 unspecified atom stereocenters. The first kappa shape index (κ1) is 17.9. The zero-order valence-electron chi connectivity index (χ0n) is 14.0. The second-order valence-electron chi connectivity index (χ2n) is 6.34. The Morgan fingerprint density at radius 2 is 1.70 bits per heavy atom. The topological polar surface area (TPSA) is 48.1 Å². The third-order valence-electron chi connectivity index (χ3n) is 4.48. The number of thiocarbonyl (C=S) groups is 2. The van der Waals surface area contributed by atoms with Gasteiger partial charge in [-0.25, -0.2) is 0 Å². The average Bonchev–Trinajstić information content (AvgIpc) is 2.51. The van der Waals surface area contributed by atoms with Gasteiger partial charge in [0, 0.05) is 11.7 Å². The van der Waals surface area contributed by atoms with Gasteiger partial charge in [-0.15, -0.1) is 0 Å². The standard InChI is InChI=1S/C17H26N4S2/c1-11-8-9-14(10-13(11)3)18-16(22)20-21-17(23)19-15-7-5-4-6-12(15)2/h8-10,12,15H,4-7H2,1-3H3,(H2,18,20,22)(H2,19,21,23)/t12-,15-/m1/s1. The van der Waals surface area contributed by atoms with Crippen LogP contribution < -0.4 is 21.5 Å². The zero-order chi connectivity index (χ0) is 16.8. The first-order chi connectivity index (χ1) is 11.0. The van der Waals surface area contributed by atoms with Crippen LogP contribution in [0.1, 0.15) is 43.7 Å². The van der Waals surface area contributed by atoms with E-state index in [1.54, 1.807) is 0 Å². The smallest absolute Gasteiger partial charge is 0.189 e. The monoisotopic (exact) mass is 350 g/mol. The molecule has 4 nitrogen and oxygen atoms in total. The van der Waals surface area contributed by atoms with Crippen LogP contribution in [0.25, 0.3) is 0 Å². The summed E-state index contributed by atoms with van der Waals surface area (Å²) in [7, 11) is 0. The SMILES string of the molecule is Cc1ccc(NC(=S)NNC(=S)N[C@@H]2CCCC[C@H]2C)cc1C. The maximum absolute atomic E-state index is 5.34. The van der Waals surface area contributed by atoms with Gasteiger partial charge in [-0.3, -0.25) is 10.9 Å². The van der Waals surface area contributed by atoms with Crippen molar-refractivity contribution in [2.45, 2.75) is 52.5 Å². The summed E-state index contributed by atoms with van der Waals surface area (Å²) in [5.41, 5.74) is 9.36. The van der Waals surface area contributed by atoms with Gasteiger partial charge in [-0.05, 0) is 80.3 Å². The highest BCUT2D eigenvalue weighted by molar-refractivity contribution is 7.80. The number of aryl methyl sites for hydroxylation is 2. The molecule has 1 aliphatic carbocycles. The minimum Gasteiger partial charge on any atom is -0.358 e. The molecule has 1 aliphatic rings. The van der Waals surface area contributed by atoms with E-state index in [0.29, 0.717) is 22.2 Å². The molecular formula is C17H26N4S2. The van der Waals surface area contributed by atoms with Gasteiger partial charge >= 0.3 is 0 Å². The summed E-state index contributed by atoms with van der Waals surface area (Å²) in [6, 6.07) is 6.61. The van der Waals surface area contributed by atoms with E-state index < -0.39 is 0 Å². The number of nitrogens with one attached hydrogen (secondary N) is 4. The molecule has 0 radical (unpaired) electrons. The molecule has 23 heavy (non-hydrogen) atoms. The van der Waals surface area contributed by atoms with E-state index in [1.807, 2.05) is 6.07 Å². The largest absolute Gasteiger partial charge is 0.358 e. The van der Waals surface area contributed by atoms with E-state index in [2.05, 4.69) is 54.4 Å². The minimum atomic E-state index is 0.451. The second kappa shape index (κ2) is 8.45. The molecule has 0 aliphatic heterocycles. The van der Waals surface area contributed by atoms with Crippen LogP contribution in [0.2, 0.25) is 0 Å². The number of hydrogen-bond acceptors (Lipinski definition) is 2. The summed E-state index contributed by atoms with van der Waals surface area (Å²) in [5, 5.41) is 7.61. The van der Waals surface area contributed by atoms with Gasteiger partial charge in [-0.2, -0.15) is 0 Å². The molecule has 0 saturated heterocycles. The van der Waals surface area contributed by atoms with Gasteiger partial charge in [0.05, 0.1) is 0 Å². The summed E-state index contributed by atoms with van der Waals surface area (Å²) >= 11 is 10.6. The summed E-state index contributed by atoms with van der Waals surface area (Å²) in [6.45, 7) is 6.45. The number of hydrogen-bond donors (Lipinski definition) is 4. The van der Waals surface area contributed by atoms with E-state index in [9.17, 15) is 0 Å². The molecule has 0 bridgehead atoms. The zero-order valence-corrected chi connectivity index (χ0v) is 15.7. The molecule has 2 atom stereocenters. The third-order valence-corrected chi connectivity index (χ3v) is 4.91. The highest BCUT2D eigenvalue weighted by Crippen LogP contribution is 2.23. The van der Waals surface area contributed by atoms with Gasteiger partial charge in [-0.1, -0.05) is 25.8 Å². The normalized spacial score (nSPS) is 20.5. The Labute approximate surface area is 149 Å². The molecule has 1 aromatic carbocycles. The highest BCUT2D eigenvalue weighted by Gasteiger charge is 2.21. The Morgan fingerprint density at radius 3 is 2.39 bits per heavy atom. The summed E-state index contributed by atoms with van der Waals surface area (Å²) < 4.78 is 0. The number of anilines is 1. The van der Waals surface area contributed by atoms with Crippen molar-refractivity contribution in [3.8, 4) is 0 Å². The Balaban J connectivity index is 1.75. The van der Waals surface area contributed by atoms with Gasteiger partial charge in [0.25, 0.3) is 0 Å². The quantitative estimate of drug-likeness (QED) is 0.483. The van der Waals surface area contributed by atoms with Crippen LogP contribution in [0.4, 0.5) is 5.69 Å². The maximum Gasteiger partial charge on any atom is 0.189 e. The molecule has 2 rings (SSSR count). The Hall–Kier alpha value is -1.40. The van der Waals surface area contributed by atoms with Crippen LogP contribution in [0.3, 0.4) is 0 Å². The Kier molecular flexibility index (Phi) is 6.59. The van der Waals surface area contributed by atoms with E-state index in [0.717, 1.165) is 5.69 Å². The van der Waals surface area contributed by atoms with Crippen molar-refractivity contribution in [2.24, 2.45) is 5.92 Å². The van der Waals surface area contributed by atoms with Crippen LogP contribution in [-0.2, 0) is 0 Å². The number of benzene rings is 1. The Bertz CT molecular complexity index is 574. The van der Waals surface area contributed by atoms with E-state index in [1.165, 1.54) is 36.8 Å². The van der Waals surface area contributed by atoms with Crippen molar-refractivity contribution < 1.29 is 0 Å². The molecule has 0 spiro atoms. The van der Waals surface area contributed by atoms with E-state index in [4.69, 9.17) is 24.4 Å². The second-order valence-corrected chi connectivity index (χ2v) is 7.16. The van der Waals surface area contributed by atoms with Crippen LogP contribution in [-0.4, -0.2) is 16.3 Å². The van der Waals surface area contributed by atoms with Crippen LogP contribution in [0.15, 0.2) is 18.2 Å². The predicted molar refractivity (Wildman–Crippen MR) is 106 cm³/mol. The fourth-order valence-corrected chi connectivity index (χ4v) is 3.20. The van der Waals surface area contributed by atoms with Crippen molar-refractivity contribution >= 4 is 40.3 Å². The lowest BCUT2D eigenvalue weighted by Gasteiger charge is -2.30. The lowest BCUT2D eigenvalue weighted by atomic mass is 9.86. The maximum atomic E-state index is 5.34. The first-order valence-electron chi connectivity index (χ1n) is 8.16. The molecule has 1 aromatic rings. The Morgan fingerprint density at radius 1 is 1.00 bits per heavy atom. The highest BCUT2D eigenvalue weighted by atomic mass is 32.1. The summed E-state index contributed by atoms with van der Waals surface area (Å²) in [5.74, 6) is 0.657. The lowest BCUT2D eigenvalue weighted by Crippen LogP contribution is -2.52. The molecular weight excluding hydrogens is 324 g/mol. The van der Waals surface area contributed by atoms with Crippen molar-refractivity contribution in [1.29, 1.82) is 0 Å². The molecule has 0 amide bonds. The molecule has 126 valence electrons. The minimum absolute atomic E-state index is 0.451. The molecule has 6 heteroatoms. The van der Waals surface area contributed by atoms with E-state index in [-0.39, 0.29) is 0 Å². The number of rotatable bonds is 2. The fourth-order valence-electron chi connectivity index (χ4n) is 2.83. The van der Waals surface area contributed by atoms with Gasteiger partial charge in [0.15, 0.2) is 10.2 Å². The van der Waals surface area contributed by atoms with E-state index >= 15 is 0 Å². The third kappa shape index (κ3) is 5.62.